The average Bonchev–Trinajstić information content (AvgIpc) is 2.91. The van der Waals surface area contributed by atoms with Crippen molar-refractivity contribution in [3.05, 3.63) is 57.9 Å². The molecule has 110 valence electrons. The van der Waals surface area contributed by atoms with Crippen LogP contribution in [0.4, 0.5) is 0 Å². The molecule has 1 aromatic carbocycles. The molecule has 0 fully saturated rings. The van der Waals surface area contributed by atoms with Gasteiger partial charge in [0.1, 0.15) is 0 Å². The Balaban J connectivity index is 1.78. The van der Waals surface area contributed by atoms with E-state index in [0.717, 1.165) is 17.2 Å². The summed E-state index contributed by atoms with van der Waals surface area (Å²) in [6, 6.07) is 9.00. The summed E-state index contributed by atoms with van der Waals surface area (Å²) < 4.78 is 2.21. The molecule has 0 aliphatic rings. The van der Waals surface area contributed by atoms with Crippen LogP contribution in [0, 0.1) is 20.8 Å². The number of fused-ring (bicyclic) bond motifs is 1. The predicted molar refractivity (Wildman–Crippen MR) is 89.0 cm³/mol. The highest BCUT2D eigenvalue weighted by molar-refractivity contribution is 7.17. The second-order valence-electron chi connectivity index (χ2n) is 5.66. The summed E-state index contributed by atoms with van der Waals surface area (Å²) in [6.45, 7) is 9.39. The van der Waals surface area contributed by atoms with E-state index in [2.05, 4.69) is 72.9 Å². The molecule has 1 atom stereocenters. The summed E-state index contributed by atoms with van der Waals surface area (Å²) in [5.41, 5.74) is 5.01. The van der Waals surface area contributed by atoms with Crippen molar-refractivity contribution >= 4 is 16.3 Å². The van der Waals surface area contributed by atoms with Crippen LogP contribution in [-0.2, 0) is 6.54 Å². The number of imidazole rings is 1. The lowest BCUT2D eigenvalue weighted by Gasteiger charge is -2.15. The number of aromatic nitrogens is 2. The molecule has 0 saturated heterocycles. The first-order valence-corrected chi connectivity index (χ1v) is 8.10. The van der Waals surface area contributed by atoms with E-state index >= 15 is 0 Å². The van der Waals surface area contributed by atoms with Gasteiger partial charge in [-0.2, -0.15) is 0 Å². The highest BCUT2D eigenvalue weighted by atomic mass is 32.1. The lowest BCUT2D eigenvalue weighted by molar-refractivity contribution is 0.564. The number of nitrogens with one attached hydrogen (secondary N) is 1. The number of thiazole rings is 1. The Hall–Kier alpha value is -1.65. The lowest BCUT2D eigenvalue weighted by atomic mass is 10.1. The molecule has 4 heteroatoms. The molecule has 2 aromatic heterocycles. The zero-order valence-electron chi connectivity index (χ0n) is 13.0. The summed E-state index contributed by atoms with van der Waals surface area (Å²) in [5, 5.41) is 3.61. The smallest absolute Gasteiger partial charge is 0.194 e. The van der Waals surface area contributed by atoms with Crippen molar-refractivity contribution in [3.8, 4) is 0 Å². The first-order chi connectivity index (χ1) is 10.0. The Morgan fingerprint density at radius 3 is 2.86 bits per heavy atom. The Kier molecular flexibility index (Phi) is 3.83. The quantitative estimate of drug-likeness (QED) is 0.783. The molecule has 2 heterocycles. The van der Waals surface area contributed by atoms with E-state index in [0.29, 0.717) is 6.04 Å². The van der Waals surface area contributed by atoms with E-state index in [4.69, 9.17) is 0 Å². The molecule has 3 aromatic rings. The number of nitrogens with zero attached hydrogens (tertiary/aromatic N) is 2. The zero-order chi connectivity index (χ0) is 15.0. The van der Waals surface area contributed by atoms with Gasteiger partial charge >= 0.3 is 0 Å². The van der Waals surface area contributed by atoms with Crippen molar-refractivity contribution < 1.29 is 0 Å². The van der Waals surface area contributed by atoms with E-state index in [1.807, 2.05) is 0 Å². The topological polar surface area (TPSA) is 29.3 Å². The van der Waals surface area contributed by atoms with Gasteiger partial charge in [-0.3, -0.25) is 4.40 Å². The molecule has 0 aliphatic heterocycles. The van der Waals surface area contributed by atoms with Gasteiger partial charge in [0.05, 0.1) is 11.4 Å². The van der Waals surface area contributed by atoms with Crippen LogP contribution < -0.4 is 5.32 Å². The van der Waals surface area contributed by atoms with Crippen molar-refractivity contribution in [2.45, 2.75) is 40.3 Å². The minimum absolute atomic E-state index is 0.328. The van der Waals surface area contributed by atoms with E-state index < -0.39 is 0 Å². The average molecular weight is 299 g/mol. The maximum absolute atomic E-state index is 4.64. The lowest BCUT2D eigenvalue weighted by Crippen LogP contribution is -2.19. The monoisotopic (exact) mass is 299 g/mol. The molecule has 3 rings (SSSR count). The molecule has 0 aliphatic carbocycles. The Morgan fingerprint density at radius 2 is 2.10 bits per heavy atom. The van der Waals surface area contributed by atoms with Gasteiger partial charge in [-0.25, -0.2) is 4.98 Å². The van der Waals surface area contributed by atoms with Crippen molar-refractivity contribution in [1.29, 1.82) is 0 Å². The van der Waals surface area contributed by atoms with E-state index in [-0.39, 0.29) is 0 Å². The number of hydrogen-bond donors (Lipinski definition) is 1. The summed E-state index contributed by atoms with van der Waals surface area (Å²) >= 11 is 1.74. The van der Waals surface area contributed by atoms with Crippen LogP contribution in [-0.4, -0.2) is 9.38 Å². The van der Waals surface area contributed by atoms with Crippen molar-refractivity contribution in [2.24, 2.45) is 0 Å². The first-order valence-electron chi connectivity index (χ1n) is 7.28. The molecule has 0 unspecified atom stereocenters. The normalized spacial score (nSPS) is 13.0. The Labute approximate surface area is 129 Å². The van der Waals surface area contributed by atoms with Gasteiger partial charge in [-0.1, -0.05) is 29.8 Å². The van der Waals surface area contributed by atoms with Crippen LogP contribution in [0.5, 0.6) is 0 Å². The van der Waals surface area contributed by atoms with Gasteiger partial charge in [0.2, 0.25) is 0 Å². The molecule has 0 spiro atoms. The summed E-state index contributed by atoms with van der Waals surface area (Å²) in [4.78, 5) is 7.02. The maximum atomic E-state index is 4.64. The van der Waals surface area contributed by atoms with Gasteiger partial charge in [0.25, 0.3) is 0 Å². The predicted octanol–water partition coefficient (Wildman–Crippen LogP) is 4.17. The summed E-state index contributed by atoms with van der Waals surface area (Å²) in [7, 11) is 0. The van der Waals surface area contributed by atoms with Crippen LogP contribution in [0.3, 0.4) is 0 Å². The molecule has 0 amide bonds. The van der Waals surface area contributed by atoms with Gasteiger partial charge in [0, 0.05) is 23.7 Å². The van der Waals surface area contributed by atoms with E-state index in [1.54, 1.807) is 11.3 Å². The largest absolute Gasteiger partial charge is 0.305 e. The molecular formula is C17H21N3S. The second-order valence-corrected chi connectivity index (χ2v) is 6.87. The fourth-order valence-corrected chi connectivity index (χ4v) is 3.52. The third kappa shape index (κ3) is 2.87. The fourth-order valence-electron chi connectivity index (χ4n) is 2.63. The van der Waals surface area contributed by atoms with Crippen molar-refractivity contribution in [1.82, 2.24) is 14.7 Å². The minimum Gasteiger partial charge on any atom is -0.305 e. The molecule has 21 heavy (non-hydrogen) atoms. The van der Waals surface area contributed by atoms with Crippen molar-refractivity contribution in [3.63, 3.8) is 0 Å². The number of rotatable bonds is 4. The molecule has 1 N–H and O–H groups in total. The Bertz CT molecular complexity index is 770. The van der Waals surface area contributed by atoms with Crippen LogP contribution in [0.1, 0.15) is 40.4 Å². The highest BCUT2D eigenvalue weighted by Crippen LogP contribution is 2.21. The van der Waals surface area contributed by atoms with E-state index in [1.165, 1.54) is 21.7 Å². The first kappa shape index (κ1) is 14.3. The summed E-state index contributed by atoms with van der Waals surface area (Å²) in [6.07, 6.45) is 2.17. The van der Waals surface area contributed by atoms with Gasteiger partial charge in [-0.05, 0) is 33.3 Å². The van der Waals surface area contributed by atoms with Gasteiger partial charge in [0.15, 0.2) is 4.96 Å². The van der Waals surface area contributed by atoms with Gasteiger partial charge in [-0.15, -0.1) is 11.3 Å². The molecule has 0 saturated carbocycles. The Morgan fingerprint density at radius 1 is 1.29 bits per heavy atom. The van der Waals surface area contributed by atoms with Crippen molar-refractivity contribution in [2.75, 3.05) is 0 Å². The SMILES string of the molecule is Cc1cccc([C@H](C)NCc2c(C)nc3sc(C)cn23)c1. The van der Waals surface area contributed by atoms with Crippen LogP contribution in [0.2, 0.25) is 0 Å². The number of aryl methyl sites for hydroxylation is 3. The summed E-state index contributed by atoms with van der Waals surface area (Å²) in [5.74, 6) is 0. The van der Waals surface area contributed by atoms with Gasteiger partial charge < -0.3 is 5.32 Å². The minimum atomic E-state index is 0.328. The number of benzene rings is 1. The van der Waals surface area contributed by atoms with Crippen LogP contribution in [0.15, 0.2) is 30.5 Å². The van der Waals surface area contributed by atoms with Crippen LogP contribution >= 0.6 is 11.3 Å². The second kappa shape index (κ2) is 5.62. The van der Waals surface area contributed by atoms with Crippen LogP contribution in [0.25, 0.3) is 4.96 Å². The highest BCUT2D eigenvalue weighted by Gasteiger charge is 2.12. The molecule has 3 nitrogen and oxygen atoms in total. The zero-order valence-corrected chi connectivity index (χ0v) is 13.8. The third-order valence-electron chi connectivity index (χ3n) is 3.86. The molecule has 0 bridgehead atoms. The fraction of sp³-hybridized carbons (Fsp3) is 0.353. The van der Waals surface area contributed by atoms with E-state index in [9.17, 15) is 0 Å². The number of hydrogen-bond acceptors (Lipinski definition) is 3. The maximum Gasteiger partial charge on any atom is 0.194 e. The molecular weight excluding hydrogens is 278 g/mol. The molecule has 0 radical (unpaired) electrons. The standard InChI is InChI=1S/C17H21N3S/c1-11-6-5-7-15(8-11)13(3)18-9-16-14(4)19-17-20(16)10-12(2)21-17/h5-8,10,13,18H,9H2,1-4H3/t13-/m0/s1. The third-order valence-corrected chi connectivity index (χ3v) is 4.76.